The van der Waals surface area contributed by atoms with Crippen molar-refractivity contribution in [3.05, 3.63) is 81.3 Å². The van der Waals surface area contributed by atoms with Gasteiger partial charge in [0.15, 0.2) is 5.13 Å². The van der Waals surface area contributed by atoms with Crippen molar-refractivity contribution in [3.8, 4) is 0 Å². The number of hydrogen-bond acceptors (Lipinski definition) is 4. The Labute approximate surface area is 173 Å². The maximum atomic E-state index is 12.4. The first-order valence-electron chi connectivity index (χ1n) is 8.50. The second-order valence-electron chi connectivity index (χ2n) is 6.27. The van der Waals surface area contributed by atoms with Crippen LogP contribution in [0.1, 0.15) is 26.5 Å². The number of thiazole rings is 1. The Morgan fingerprint density at radius 1 is 1.15 bits per heavy atom. The molecule has 0 saturated carbocycles. The van der Waals surface area contributed by atoms with Crippen LogP contribution in [0.5, 0.6) is 0 Å². The molecule has 3 aromatic rings. The van der Waals surface area contributed by atoms with Gasteiger partial charge < -0.3 is 0 Å². The van der Waals surface area contributed by atoms with Crippen LogP contribution in [0.4, 0.5) is 5.13 Å². The van der Waals surface area contributed by atoms with Crippen LogP contribution in [-0.4, -0.2) is 22.3 Å². The van der Waals surface area contributed by atoms with Crippen LogP contribution in [0.25, 0.3) is 0 Å². The van der Waals surface area contributed by atoms with Crippen molar-refractivity contribution in [2.24, 2.45) is 0 Å². The molecule has 0 atom stereocenters. The lowest BCUT2D eigenvalue weighted by atomic mass is 10.1. The van der Waals surface area contributed by atoms with Crippen LogP contribution in [0.2, 0.25) is 5.02 Å². The number of rotatable bonds is 4. The van der Waals surface area contributed by atoms with Crippen molar-refractivity contribution >= 4 is 46.4 Å². The lowest BCUT2D eigenvalue weighted by molar-refractivity contribution is 0.102. The van der Waals surface area contributed by atoms with E-state index in [2.05, 4.69) is 39.5 Å². The molecule has 4 nitrogen and oxygen atoms in total. The van der Waals surface area contributed by atoms with Crippen LogP contribution < -0.4 is 5.32 Å². The molecule has 0 bridgehead atoms. The first kappa shape index (κ1) is 19.8. The van der Waals surface area contributed by atoms with E-state index in [9.17, 15) is 4.79 Å². The van der Waals surface area contributed by atoms with Crippen LogP contribution >= 0.6 is 35.3 Å². The fourth-order valence-corrected chi connectivity index (χ4v) is 4.36. The van der Waals surface area contributed by atoms with Gasteiger partial charge in [0.2, 0.25) is 0 Å². The van der Waals surface area contributed by atoms with Crippen LogP contribution in [0, 0.1) is 0 Å². The highest BCUT2D eigenvalue weighted by molar-refractivity contribution is 7.15. The minimum atomic E-state index is -0.220. The van der Waals surface area contributed by atoms with E-state index in [1.54, 1.807) is 29.5 Å². The van der Waals surface area contributed by atoms with Crippen molar-refractivity contribution in [2.75, 3.05) is 11.9 Å². The summed E-state index contributed by atoms with van der Waals surface area (Å²) in [5, 5.41) is 3.97. The lowest BCUT2D eigenvalue weighted by Crippen LogP contribution is -2.29. The molecule has 0 fully saturated rings. The summed E-state index contributed by atoms with van der Waals surface area (Å²) in [5.41, 5.74) is 2.87. The number of anilines is 1. The third-order valence-corrected chi connectivity index (χ3v) is 5.73. The molecular formula is C20H19Cl2N3OS. The summed E-state index contributed by atoms with van der Waals surface area (Å²) in [6.45, 7) is 2.77. The maximum Gasteiger partial charge on any atom is 0.258 e. The molecule has 0 aliphatic carbocycles. The highest BCUT2D eigenvalue weighted by Crippen LogP contribution is 2.29. The molecule has 0 saturated heterocycles. The number of amides is 1. The fourth-order valence-electron chi connectivity index (χ4n) is 3.09. The number of fused-ring (bicyclic) bond motifs is 1. The summed E-state index contributed by atoms with van der Waals surface area (Å²) in [5.74, 6) is -0.220. The highest BCUT2D eigenvalue weighted by atomic mass is 35.5. The molecule has 1 N–H and O–H groups in total. The molecule has 0 unspecified atom stereocenters. The molecule has 0 spiro atoms. The predicted molar refractivity (Wildman–Crippen MR) is 113 cm³/mol. The van der Waals surface area contributed by atoms with Crippen LogP contribution in [-0.2, 0) is 19.5 Å². The third-order valence-electron chi connectivity index (χ3n) is 4.40. The topological polar surface area (TPSA) is 45.2 Å². The second-order valence-corrected chi connectivity index (χ2v) is 7.76. The number of halogens is 2. The molecule has 27 heavy (non-hydrogen) atoms. The maximum absolute atomic E-state index is 12.4. The summed E-state index contributed by atoms with van der Waals surface area (Å²) >= 11 is 7.65. The minimum absolute atomic E-state index is 0. The smallest absolute Gasteiger partial charge is 0.258 e. The average Bonchev–Trinajstić information content (AvgIpc) is 3.04. The molecule has 2 heterocycles. The van der Waals surface area contributed by atoms with E-state index < -0.39 is 0 Å². The second kappa shape index (κ2) is 8.85. The van der Waals surface area contributed by atoms with Gasteiger partial charge >= 0.3 is 0 Å². The third kappa shape index (κ3) is 4.68. The van der Waals surface area contributed by atoms with Crippen molar-refractivity contribution in [1.29, 1.82) is 0 Å². The van der Waals surface area contributed by atoms with Gasteiger partial charge in [0.05, 0.1) is 16.3 Å². The predicted octanol–water partition coefficient (Wildman–Crippen LogP) is 5.03. The summed E-state index contributed by atoms with van der Waals surface area (Å²) < 4.78 is 0. The quantitative estimate of drug-likeness (QED) is 0.644. The first-order valence-corrected chi connectivity index (χ1v) is 9.69. The van der Waals surface area contributed by atoms with Crippen molar-refractivity contribution in [3.63, 3.8) is 0 Å². The number of nitrogens with one attached hydrogen (secondary N) is 1. The molecule has 140 valence electrons. The van der Waals surface area contributed by atoms with Gasteiger partial charge in [-0.15, -0.1) is 23.7 Å². The van der Waals surface area contributed by atoms with E-state index in [0.29, 0.717) is 15.7 Å². The Morgan fingerprint density at radius 3 is 2.67 bits per heavy atom. The molecule has 1 aliphatic rings. The number of hydrogen-bond donors (Lipinski definition) is 1. The summed E-state index contributed by atoms with van der Waals surface area (Å²) in [7, 11) is 0. The summed E-state index contributed by atoms with van der Waals surface area (Å²) in [4.78, 5) is 20.7. The number of carbonyl (C=O) groups is 1. The van der Waals surface area contributed by atoms with Gasteiger partial charge in [-0.1, -0.05) is 54.1 Å². The van der Waals surface area contributed by atoms with Crippen molar-refractivity contribution < 1.29 is 4.79 Å². The Bertz CT molecular complexity index is 930. The minimum Gasteiger partial charge on any atom is -0.298 e. The van der Waals surface area contributed by atoms with Gasteiger partial charge in [0.1, 0.15) is 0 Å². The number of carbonyl (C=O) groups excluding carboxylic acids is 1. The van der Waals surface area contributed by atoms with E-state index in [1.807, 2.05) is 12.1 Å². The SMILES string of the molecule is Cl.O=C(Nc1nc2c(s1)CN(Cc1ccccc1)CC2)c1ccccc1Cl. The first-order chi connectivity index (χ1) is 12.7. The molecule has 4 rings (SSSR count). The lowest BCUT2D eigenvalue weighted by Gasteiger charge is -2.25. The molecule has 1 amide bonds. The monoisotopic (exact) mass is 419 g/mol. The Kier molecular flexibility index (Phi) is 6.50. The standard InChI is InChI=1S/C20H18ClN3OS.ClH/c21-16-9-5-4-8-15(16)19(25)23-20-22-17-10-11-24(13-18(17)26-20)12-14-6-2-1-3-7-14;/h1-9H,10-13H2,(H,22,23,25);1H. The zero-order valence-electron chi connectivity index (χ0n) is 14.5. The Hall–Kier alpha value is -1.92. The van der Waals surface area contributed by atoms with Crippen molar-refractivity contribution in [1.82, 2.24) is 9.88 Å². The van der Waals surface area contributed by atoms with Gasteiger partial charge in [-0.2, -0.15) is 0 Å². The van der Waals surface area contributed by atoms with Gasteiger partial charge in [0.25, 0.3) is 5.91 Å². The normalized spacial score (nSPS) is 13.5. The van der Waals surface area contributed by atoms with Gasteiger partial charge in [0, 0.05) is 30.9 Å². The molecule has 1 aromatic heterocycles. The summed E-state index contributed by atoms with van der Waals surface area (Å²) in [6.07, 6.45) is 0.903. The largest absolute Gasteiger partial charge is 0.298 e. The molecule has 2 aromatic carbocycles. The van der Waals surface area contributed by atoms with Gasteiger partial charge in [-0.3, -0.25) is 15.0 Å². The van der Waals surface area contributed by atoms with Crippen LogP contribution in [0.3, 0.4) is 0 Å². The van der Waals surface area contributed by atoms with E-state index in [-0.39, 0.29) is 18.3 Å². The zero-order chi connectivity index (χ0) is 17.9. The van der Waals surface area contributed by atoms with E-state index in [1.165, 1.54) is 10.4 Å². The van der Waals surface area contributed by atoms with E-state index in [4.69, 9.17) is 11.6 Å². The van der Waals surface area contributed by atoms with E-state index >= 15 is 0 Å². The highest BCUT2D eigenvalue weighted by Gasteiger charge is 2.22. The molecule has 7 heteroatoms. The number of nitrogens with zero attached hydrogens (tertiary/aromatic N) is 2. The summed E-state index contributed by atoms with van der Waals surface area (Å²) in [6, 6.07) is 17.5. The van der Waals surface area contributed by atoms with E-state index in [0.717, 1.165) is 31.7 Å². The van der Waals surface area contributed by atoms with Crippen LogP contribution in [0.15, 0.2) is 54.6 Å². The molecule has 1 aliphatic heterocycles. The average molecular weight is 420 g/mol. The fraction of sp³-hybridized carbons (Fsp3) is 0.200. The molecule has 0 radical (unpaired) electrons. The van der Waals surface area contributed by atoms with Crippen molar-refractivity contribution in [2.45, 2.75) is 19.5 Å². The number of benzene rings is 2. The van der Waals surface area contributed by atoms with Gasteiger partial charge in [-0.25, -0.2) is 4.98 Å². The zero-order valence-corrected chi connectivity index (χ0v) is 16.9. The van der Waals surface area contributed by atoms with Gasteiger partial charge in [-0.05, 0) is 17.7 Å². The Balaban J connectivity index is 0.00000210. The Morgan fingerprint density at radius 2 is 1.89 bits per heavy atom. The molecular weight excluding hydrogens is 401 g/mol. The number of aromatic nitrogens is 1.